The summed E-state index contributed by atoms with van der Waals surface area (Å²) in [5.41, 5.74) is 0. The third-order valence-electron chi connectivity index (χ3n) is 0.354. The lowest BCUT2D eigenvalue weighted by Crippen LogP contribution is -0.856. The highest BCUT2D eigenvalue weighted by atomic mass is 14.0. The molecule has 0 bridgehead atoms. The summed E-state index contributed by atoms with van der Waals surface area (Å²) in [5, 5.41) is 0. The van der Waals surface area contributed by atoms with Crippen LogP contribution in [-0.4, -0.2) is 0 Å². The molecule has 0 unspecified atom stereocenters. The van der Waals surface area contributed by atoms with Crippen LogP contribution in [0.15, 0.2) is 0 Å². The van der Waals surface area contributed by atoms with Crippen LogP contribution in [0, 0.1) is 0 Å². The van der Waals surface area contributed by atoms with Gasteiger partial charge in [0.2, 0.25) is 0 Å². The molecule has 0 N–H and O–H groups in total. The molecule has 1 saturated carbocycles. The minimum atomic E-state index is 0. The third kappa shape index (κ3) is 288. The quantitative estimate of drug-likeness (QED) is 0.442. The molecule has 0 aromatic rings. The molecule has 9 heavy (non-hydrogen) atoms. The fourth-order valence-electron chi connectivity index (χ4n) is 0. The Morgan fingerprint density at radius 2 is 0.444 bits per heavy atom. The van der Waals surface area contributed by atoms with Crippen molar-refractivity contribution in [3.63, 3.8) is 0 Å². The lowest BCUT2D eigenvalue weighted by molar-refractivity contribution is 1.50. The lowest BCUT2D eigenvalue weighted by Gasteiger charge is -1.05. The molecular formula is C9H30. The lowest BCUT2D eigenvalue weighted by atomic mass is 11.0. The molecule has 0 heteroatoms. The van der Waals surface area contributed by atoms with Crippen molar-refractivity contribution in [1.82, 2.24) is 0 Å². The number of hydrogen-bond donors (Lipinski definition) is 0. The largest absolute Gasteiger partial charge is 0.0776 e. The molecule has 0 nitrogen and oxygen atoms in total. The predicted octanol–water partition coefficient (Wildman–Crippen LogP) is 4.99. The Balaban J connectivity index is -0.00000000375. The second-order valence-corrected chi connectivity index (χ2v) is 1.06. The van der Waals surface area contributed by atoms with Gasteiger partial charge in [-0.25, -0.2) is 0 Å². The van der Waals surface area contributed by atoms with E-state index in [-0.39, 0.29) is 44.6 Å². The average Bonchev–Trinajstić information content (AvgIpc) is 1.46. The summed E-state index contributed by atoms with van der Waals surface area (Å²) >= 11 is 0. The van der Waals surface area contributed by atoms with Crippen molar-refractivity contribution in [2.24, 2.45) is 0 Å². The molecule has 1 aliphatic carbocycles. The summed E-state index contributed by atoms with van der Waals surface area (Å²) in [6.07, 6.45) is 4.50. The molecule has 0 atom stereocenters. The van der Waals surface area contributed by atoms with E-state index in [4.69, 9.17) is 0 Å². The van der Waals surface area contributed by atoms with E-state index in [0.717, 1.165) is 0 Å². The first-order valence-corrected chi connectivity index (χ1v) is 1.50. The van der Waals surface area contributed by atoms with Crippen molar-refractivity contribution < 1.29 is 0 Å². The smallest absolute Gasteiger partial charge is 0.0533 e. The molecule has 0 amide bonds. The van der Waals surface area contributed by atoms with Gasteiger partial charge < -0.3 is 0 Å². The topological polar surface area (TPSA) is 0 Å². The SMILES string of the molecule is C.C.C.C.C.C.C1CC1. The van der Waals surface area contributed by atoms with Gasteiger partial charge in [-0.3, -0.25) is 0 Å². The second-order valence-electron chi connectivity index (χ2n) is 1.06. The van der Waals surface area contributed by atoms with Crippen LogP contribution < -0.4 is 0 Å². The highest BCUT2D eigenvalue weighted by molar-refractivity contribution is 4.50. The van der Waals surface area contributed by atoms with E-state index in [9.17, 15) is 0 Å². The van der Waals surface area contributed by atoms with Gasteiger partial charge in [0.1, 0.15) is 0 Å². The third-order valence-corrected chi connectivity index (χ3v) is 0.354. The summed E-state index contributed by atoms with van der Waals surface area (Å²) in [6.45, 7) is 0. The van der Waals surface area contributed by atoms with Crippen LogP contribution >= 0.6 is 0 Å². The highest BCUT2D eigenvalue weighted by Crippen LogP contribution is 2.14. The van der Waals surface area contributed by atoms with Crippen LogP contribution in [0.4, 0.5) is 0 Å². The summed E-state index contributed by atoms with van der Waals surface area (Å²) < 4.78 is 0. The van der Waals surface area contributed by atoms with E-state index in [1.165, 1.54) is 19.3 Å². The number of hydrogen-bond acceptors (Lipinski definition) is 0. The molecule has 0 radical (unpaired) electrons. The Morgan fingerprint density at radius 1 is 0.333 bits per heavy atom. The van der Waals surface area contributed by atoms with Gasteiger partial charge in [-0.1, -0.05) is 63.8 Å². The van der Waals surface area contributed by atoms with Crippen molar-refractivity contribution in [2.75, 3.05) is 0 Å². The Hall–Kier alpha value is 0. The van der Waals surface area contributed by atoms with Crippen molar-refractivity contribution in [3.8, 4) is 0 Å². The molecule has 0 aromatic heterocycles. The van der Waals surface area contributed by atoms with Gasteiger partial charge in [0, 0.05) is 0 Å². The van der Waals surface area contributed by atoms with E-state index in [2.05, 4.69) is 0 Å². The first-order chi connectivity index (χ1) is 1.50. The fourth-order valence-corrected chi connectivity index (χ4v) is 0. The molecule has 0 heterocycles. The Kier molecular flexibility index (Phi) is 310. The zero-order valence-electron chi connectivity index (χ0n) is 2.12. The second kappa shape index (κ2) is 43.6. The summed E-state index contributed by atoms with van der Waals surface area (Å²) in [4.78, 5) is 0. The van der Waals surface area contributed by atoms with E-state index in [0.29, 0.717) is 0 Å². The normalized spacial score (nSPS) is 8.00. The first-order valence-electron chi connectivity index (χ1n) is 1.50. The zero-order chi connectivity index (χ0) is 2.12. The van der Waals surface area contributed by atoms with Gasteiger partial charge in [0.15, 0.2) is 0 Å². The maximum absolute atomic E-state index is 1.50. The van der Waals surface area contributed by atoms with Gasteiger partial charge in [0.25, 0.3) is 0 Å². The summed E-state index contributed by atoms with van der Waals surface area (Å²) in [6, 6.07) is 0. The van der Waals surface area contributed by atoms with Gasteiger partial charge in [0.05, 0.1) is 0 Å². The summed E-state index contributed by atoms with van der Waals surface area (Å²) in [7, 11) is 0. The van der Waals surface area contributed by atoms with Crippen molar-refractivity contribution >= 4 is 0 Å². The Bertz CT molecular complexity index is 4.75. The molecule has 1 rings (SSSR count). The van der Waals surface area contributed by atoms with Crippen LogP contribution in [0.2, 0.25) is 0 Å². The van der Waals surface area contributed by atoms with Gasteiger partial charge in [-0.15, -0.1) is 0 Å². The van der Waals surface area contributed by atoms with Crippen LogP contribution in [0.1, 0.15) is 63.8 Å². The van der Waals surface area contributed by atoms with Gasteiger partial charge in [-0.2, -0.15) is 0 Å². The highest BCUT2D eigenvalue weighted by Gasteiger charge is 1.95. The van der Waals surface area contributed by atoms with E-state index >= 15 is 0 Å². The van der Waals surface area contributed by atoms with Crippen molar-refractivity contribution in [2.45, 2.75) is 63.8 Å². The van der Waals surface area contributed by atoms with E-state index < -0.39 is 0 Å². The van der Waals surface area contributed by atoms with E-state index in [1.54, 1.807) is 0 Å². The molecule has 1 aliphatic rings. The minimum Gasteiger partial charge on any atom is -0.0776 e. The molecule has 0 saturated heterocycles. The van der Waals surface area contributed by atoms with Crippen LogP contribution in [0.5, 0.6) is 0 Å². The minimum absolute atomic E-state index is 0. The molecule has 0 aliphatic heterocycles. The molecule has 66 valence electrons. The van der Waals surface area contributed by atoms with Crippen molar-refractivity contribution in [1.29, 1.82) is 0 Å². The van der Waals surface area contributed by atoms with Crippen LogP contribution in [0.3, 0.4) is 0 Å². The maximum atomic E-state index is 1.50. The monoisotopic (exact) mass is 138 g/mol. The zero-order valence-corrected chi connectivity index (χ0v) is 2.12. The van der Waals surface area contributed by atoms with Gasteiger partial charge in [-0.05, 0) is 0 Å². The number of rotatable bonds is 0. The Labute approximate surface area is 64.7 Å². The fraction of sp³-hybridized carbons (Fsp3) is 1.00. The van der Waals surface area contributed by atoms with E-state index in [1.807, 2.05) is 0 Å². The molecule has 1 fully saturated rings. The Morgan fingerprint density at radius 3 is 0.444 bits per heavy atom. The van der Waals surface area contributed by atoms with Gasteiger partial charge >= 0.3 is 0 Å². The van der Waals surface area contributed by atoms with Crippen LogP contribution in [-0.2, 0) is 0 Å². The maximum Gasteiger partial charge on any atom is -0.0533 e. The first kappa shape index (κ1) is 64.0. The van der Waals surface area contributed by atoms with Crippen molar-refractivity contribution in [3.05, 3.63) is 0 Å². The summed E-state index contributed by atoms with van der Waals surface area (Å²) in [5.74, 6) is 0. The predicted molar refractivity (Wildman–Crippen MR) is 54.2 cm³/mol. The average molecular weight is 138 g/mol. The molecule has 0 spiro atoms. The van der Waals surface area contributed by atoms with Crippen LogP contribution in [0.25, 0.3) is 0 Å². The molecule has 0 aromatic carbocycles. The molecular weight excluding hydrogens is 108 g/mol. The standard InChI is InChI=1S/C3H6.6CH4/c1-2-3-1;;;;;;/h1-3H2;6*1H4.